The number of aromatic nitrogens is 4. The number of amides is 1. The SMILES string of the molecule is CC(C)c1nc2sc(N3CCC[C@@H]3C(=O)NCc3ccccn3)nn2c(=O)c1Cl. The van der Waals surface area contributed by atoms with Crippen LogP contribution in [0.25, 0.3) is 4.96 Å². The van der Waals surface area contributed by atoms with E-state index in [-0.39, 0.29) is 28.4 Å². The summed E-state index contributed by atoms with van der Waals surface area (Å²) in [6.07, 6.45) is 3.30. The Labute approximate surface area is 176 Å². The van der Waals surface area contributed by atoms with E-state index in [9.17, 15) is 9.59 Å². The average Bonchev–Trinajstić information content (AvgIpc) is 3.36. The summed E-state index contributed by atoms with van der Waals surface area (Å²) in [5.74, 6) is -0.0451. The predicted molar refractivity (Wildman–Crippen MR) is 113 cm³/mol. The third-order valence-electron chi connectivity index (χ3n) is 4.89. The molecule has 1 saturated heterocycles. The molecule has 1 aliphatic heterocycles. The highest BCUT2D eigenvalue weighted by Crippen LogP contribution is 2.30. The molecule has 4 heterocycles. The lowest BCUT2D eigenvalue weighted by molar-refractivity contribution is -0.122. The minimum Gasteiger partial charge on any atom is -0.349 e. The molecule has 1 fully saturated rings. The topological polar surface area (TPSA) is 92.5 Å². The van der Waals surface area contributed by atoms with Gasteiger partial charge in [0.2, 0.25) is 16.0 Å². The summed E-state index contributed by atoms with van der Waals surface area (Å²) < 4.78 is 1.23. The summed E-state index contributed by atoms with van der Waals surface area (Å²) in [5.41, 5.74) is 0.994. The van der Waals surface area contributed by atoms with Gasteiger partial charge in [-0.3, -0.25) is 14.6 Å². The lowest BCUT2D eigenvalue weighted by Crippen LogP contribution is -2.43. The number of carbonyl (C=O) groups is 1. The largest absolute Gasteiger partial charge is 0.349 e. The summed E-state index contributed by atoms with van der Waals surface area (Å²) in [5, 5.41) is 8.06. The van der Waals surface area contributed by atoms with Crippen molar-refractivity contribution in [3.8, 4) is 0 Å². The first kappa shape index (κ1) is 19.8. The molecule has 0 unspecified atom stereocenters. The number of anilines is 1. The van der Waals surface area contributed by atoms with E-state index < -0.39 is 0 Å². The molecule has 1 amide bonds. The smallest absolute Gasteiger partial charge is 0.294 e. The third-order valence-corrected chi connectivity index (χ3v) is 6.19. The van der Waals surface area contributed by atoms with E-state index in [1.165, 1.54) is 15.9 Å². The van der Waals surface area contributed by atoms with Crippen molar-refractivity contribution in [1.29, 1.82) is 0 Å². The molecule has 0 aliphatic carbocycles. The molecule has 29 heavy (non-hydrogen) atoms. The molecule has 152 valence electrons. The maximum Gasteiger partial charge on any atom is 0.294 e. The molecule has 10 heteroatoms. The Morgan fingerprint density at radius 3 is 2.97 bits per heavy atom. The molecule has 8 nitrogen and oxygen atoms in total. The van der Waals surface area contributed by atoms with Gasteiger partial charge in [0.15, 0.2) is 0 Å². The molecule has 1 N–H and O–H groups in total. The van der Waals surface area contributed by atoms with Crippen LogP contribution in [-0.4, -0.2) is 38.1 Å². The van der Waals surface area contributed by atoms with Gasteiger partial charge in [0.25, 0.3) is 5.56 Å². The fraction of sp³-hybridized carbons (Fsp3) is 0.421. The van der Waals surface area contributed by atoms with Gasteiger partial charge in [0, 0.05) is 12.7 Å². The van der Waals surface area contributed by atoms with Crippen LogP contribution >= 0.6 is 22.9 Å². The van der Waals surface area contributed by atoms with Crippen LogP contribution in [0.5, 0.6) is 0 Å². The second kappa shape index (κ2) is 8.08. The van der Waals surface area contributed by atoms with Crippen LogP contribution in [0.15, 0.2) is 29.2 Å². The van der Waals surface area contributed by atoms with Crippen molar-refractivity contribution in [2.24, 2.45) is 0 Å². The maximum atomic E-state index is 12.8. The number of fused-ring (bicyclic) bond motifs is 1. The number of carbonyl (C=O) groups excluding carboxylic acids is 1. The summed E-state index contributed by atoms with van der Waals surface area (Å²) in [7, 11) is 0. The van der Waals surface area contributed by atoms with Crippen LogP contribution in [0.1, 0.15) is 44.0 Å². The van der Waals surface area contributed by atoms with E-state index in [1.807, 2.05) is 36.9 Å². The first-order chi connectivity index (χ1) is 14.0. The molecule has 0 aromatic carbocycles. The Morgan fingerprint density at radius 1 is 1.41 bits per heavy atom. The highest BCUT2D eigenvalue weighted by atomic mass is 35.5. The van der Waals surface area contributed by atoms with Gasteiger partial charge >= 0.3 is 0 Å². The molecular weight excluding hydrogens is 412 g/mol. The molecule has 3 aromatic rings. The Hall–Kier alpha value is -2.52. The van der Waals surface area contributed by atoms with Gasteiger partial charge in [-0.2, -0.15) is 4.52 Å². The second-order valence-corrected chi connectivity index (χ2v) is 8.55. The maximum absolute atomic E-state index is 12.8. The molecule has 3 aromatic heterocycles. The number of halogens is 1. The van der Waals surface area contributed by atoms with E-state index in [4.69, 9.17) is 11.6 Å². The van der Waals surface area contributed by atoms with E-state index in [2.05, 4.69) is 20.4 Å². The first-order valence-corrected chi connectivity index (χ1v) is 10.7. The highest BCUT2D eigenvalue weighted by Gasteiger charge is 2.33. The third kappa shape index (κ3) is 3.84. The van der Waals surface area contributed by atoms with Crippen LogP contribution in [0.4, 0.5) is 5.13 Å². The summed E-state index contributed by atoms with van der Waals surface area (Å²) in [6.45, 7) is 4.95. The Balaban J connectivity index is 1.58. The molecule has 0 bridgehead atoms. The van der Waals surface area contributed by atoms with Crippen molar-refractivity contribution in [2.45, 2.75) is 45.2 Å². The quantitative estimate of drug-likeness (QED) is 0.666. The minimum atomic E-state index is -0.377. The average molecular weight is 433 g/mol. The molecule has 0 radical (unpaired) electrons. The van der Waals surface area contributed by atoms with E-state index in [1.54, 1.807) is 6.20 Å². The summed E-state index contributed by atoms with van der Waals surface area (Å²) in [6, 6.07) is 5.26. The number of hydrogen-bond donors (Lipinski definition) is 1. The van der Waals surface area contributed by atoms with Gasteiger partial charge < -0.3 is 10.2 Å². The zero-order valence-electron chi connectivity index (χ0n) is 16.1. The van der Waals surface area contributed by atoms with Crippen molar-refractivity contribution >= 4 is 38.9 Å². The van der Waals surface area contributed by atoms with Gasteiger partial charge in [0.05, 0.1) is 17.9 Å². The fourth-order valence-electron chi connectivity index (χ4n) is 3.40. The van der Waals surface area contributed by atoms with E-state index in [0.29, 0.717) is 28.9 Å². The number of nitrogens with one attached hydrogen (secondary N) is 1. The summed E-state index contributed by atoms with van der Waals surface area (Å²) >= 11 is 7.50. The number of rotatable bonds is 5. The van der Waals surface area contributed by atoms with Crippen LogP contribution in [0, 0.1) is 0 Å². The number of nitrogens with zero attached hydrogens (tertiary/aromatic N) is 5. The van der Waals surface area contributed by atoms with Gasteiger partial charge in [-0.1, -0.05) is 42.9 Å². The molecule has 4 rings (SSSR count). The molecule has 0 saturated carbocycles. The number of pyridine rings is 1. The Morgan fingerprint density at radius 2 is 2.24 bits per heavy atom. The van der Waals surface area contributed by atoms with Gasteiger partial charge in [-0.25, -0.2) is 4.98 Å². The lowest BCUT2D eigenvalue weighted by Gasteiger charge is -2.22. The Kier molecular flexibility index (Phi) is 5.51. The lowest BCUT2D eigenvalue weighted by atomic mass is 10.1. The zero-order chi connectivity index (χ0) is 20.5. The molecular formula is C19H21ClN6O2S. The van der Waals surface area contributed by atoms with E-state index >= 15 is 0 Å². The standard InChI is InChI=1S/C19H21ClN6O2S/c1-11(2)15-14(20)17(28)26-18(23-15)29-19(24-26)25-9-5-7-13(25)16(27)22-10-12-6-3-4-8-21-12/h3-4,6,8,11,13H,5,7,9-10H2,1-2H3,(H,22,27)/t13-/m1/s1. The van der Waals surface area contributed by atoms with Gasteiger partial charge in [0.1, 0.15) is 11.1 Å². The number of hydrogen-bond acceptors (Lipinski definition) is 7. The summed E-state index contributed by atoms with van der Waals surface area (Å²) in [4.78, 5) is 36.5. The van der Waals surface area contributed by atoms with Crippen molar-refractivity contribution in [3.05, 3.63) is 51.2 Å². The van der Waals surface area contributed by atoms with Crippen molar-refractivity contribution in [3.63, 3.8) is 0 Å². The van der Waals surface area contributed by atoms with Crippen LogP contribution < -0.4 is 15.8 Å². The molecule has 1 atom stereocenters. The van der Waals surface area contributed by atoms with Crippen molar-refractivity contribution in [1.82, 2.24) is 24.9 Å². The van der Waals surface area contributed by atoms with Crippen LogP contribution in [-0.2, 0) is 11.3 Å². The second-order valence-electron chi connectivity index (χ2n) is 7.24. The van der Waals surface area contributed by atoms with Crippen LogP contribution in [0.2, 0.25) is 5.02 Å². The van der Waals surface area contributed by atoms with Crippen molar-refractivity contribution in [2.75, 3.05) is 11.4 Å². The molecule has 1 aliphatic rings. The highest BCUT2D eigenvalue weighted by molar-refractivity contribution is 7.20. The predicted octanol–water partition coefficient (Wildman–Crippen LogP) is 2.61. The first-order valence-electron chi connectivity index (χ1n) is 9.49. The fourth-order valence-corrected chi connectivity index (χ4v) is 4.71. The Bertz CT molecular complexity index is 1100. The monoisotopic (exact) mass is 432 g/mol. The normalized spacial score (nSPS) is 16.7. The van der Waals surface area contributed by atoms with E-state index in [0.717, 1.165) is 18.5 Å². The van der Waals surface area contributed by atoms with Gasteiger partial charge in [-0.05, 0) is 30.9 Å². The van der Waals surface area contributed by atoms with Gasteiger partial charge in [-0.15, -0.1) is 5.10 Å². The van der Waals surface area contributed by atoms with Crippen molar-refractivity contribution < 1.29 is 4.79 Å². The molecule has 0 spiro atoms. The zero-order valence-corrected chi connectivity index (χ0v) is 17.7. The minimum absolute atomic E-state index is 0.0302. The van der Waals surface area contributed by atoms with Crippen LogP contribution in [0.3, 0.4) is 0 Å².